The van der Waals surface area contributed by atoms with Gasteiger partial charge in [0.25, 0.3) is 0 Å². The van der Waals surface area contributed by atoms with Crippen LogP contribution in [0.2, 0.25) is 0 Å². The Morgan fingerprint density at radius 1 is 0.741 bits per heavy atom. The van der Waals surface area contributed by atoms with Gasteiger partial charge in [-0.15, -0.1) is 0 Å². The maximum atomic E-state index is 5.28. The number of hydrogen-bond acceptors (Lipinski definition) is 2. The third-order valence-corrected chi connectivity index (χ3v) is 4.38. The van der Waals surface area contributed by atoms with E-state index in [9.17, 15) is 0 Å². The molecule has 1 heterocycles. The Morgan fingerprint density at radius 3 is 2.07 bits per heavy atom. The summed E-state index contributed by atoms with van der Waals surface area (Å²) in [4.78, 5) is 8.31. The van der Waals surface area contributed by atoms with Crippen molar-refractivity contribution >= 4 is 12.2 Å². The quantitative estimate of drug-likeness (QED) is 0.484. The van der Waals surface area contributed by atoms with Crippen molar-refractivity contribution in [3.63, 3.8) is 0 Å². The standard InChI is InChI=1S/C24H20N2O/c1-27-21-15-13-20(14-16-21)24-23(19-10-6-3-7-11-19)25-22(26-24)17-12-18-8-4-2-5-9-18/h2-17H,1H3,(H,25,26)/b17-12+. The van der Waals surface area contributed by atoms with Crippen LogP contribution in [0.4, 0.5) is 0 Å². The molecule has 3 nitrogen and oxygen atoms in total. The number of aromatic nitrogens is 2. The summed E-state index contributed by atoms with van der Waals surface area (Å²) in [5.41, 5.74) is 5.23. The highest BCUT2D eigenvalue weighted by Crippen LogP contribution is 2.31. The summed E-state index contributed by atoms with van der Waals surface area (Å²) < 4.78 is 5.28. The molecule has 0 saturated heterocycles. The third kappa shape index (κ3) is 3.82. The van der Waals surface area contributed by atoms with Gasteiger partial charge < -0.3 is 9.72 Å². The Bertz CT molecular complexity index is 1030. The molecule has 4 aromatic rings. The van der Waals surface area contributed by atoms with Crippen LogP contribution < -0.4 is 4.74 Å². The molecular formula is C24H20N2O. The van der Waals surface area contributed by atoms with Gasteiger partial charge in [0.15, 0.2) is 0 Å². The molecule has 0 unspecified atom stereocenters. The minimum Gasteiger partial charge on any atom is -0.497 e. The van der Waals surface area contributed by atoms with Crippen molar-refractivity contribution in [2.24, 2.45) is 0 Å². The second kappa shape index (κ2) is 7.75. The minimum atomic E-state index is 0.823. The van der Waals surface area contributed by atoms with Gasteiger partial charge in [0.2, 0.25) is 0 Å². The van der Waals surface area contributed by atoms with Crippen molar-refractivity contribution in [2.75, 3.05) is 7.11 Å². The van der Waals surface area contributed by atoms with E-state index in [0.717, 1.165) is 39.7 Å². The van der Waals surface area contributed by atoms with Crippen LogP contribution in [0.1, 0.15) is 11.4 Å². The molecule has 1 aromatic heterocycles. The van der Waals surface area contributed by atoms with Crippen LogP contribution in [0.5, 0.6) is 5.75 Å². The predicted octanol–water partition coefficient (Wildman–Crippen LogP) is 5.92. The van der Waals surface area contributed by atoms with Gasteiger partial charge >= 0.3 is 0 Å². The highest BCUT2D eigenvalue weighted by molar-refractivity contribution is 5.80. The van der Waals surface area contributed by atoms with Crippen molar-refractivity contribution in [2.45, 2.75) is 0 Å². The number of nitrogens with zero attached hydrogens (tertiary/aromatic N) is 1. The Kier molecular flexibility index (Phi) is 4.84. The fraction of sp³-hybridized carbons (Fsp3) is 0.0417. The molecular weight excluding hydrogens is 332 g/mol. The Labute approximate surface area is 159 Å². The van der Waals surface area contributed by atoms with E-state index in [1.165, 1.54) is 0 Å². The normalized spacial score (nSPS) is 11.0. The maximum Gasteiger partial charge on any atom is 0.131 e. The van der Waals surface area contributed by atoms with E-state index >= 15 is 0 Å². The molecule has 0 amide bonds. The molecule has 0 aliphatic carbocycles. The summed E-state index contributed by atoms with van der Waals surface area (Å²) in [6.07, 6.45) is 4.07. The lowest BCUT2D eigenvalue weighted by atomic mass is 10.1. The molecule has 0 saturated carbocycles. The van der Waals surface area contributed by atoms with Gasteiger partial charge in [-0.1, -0.05) is 66.7 Å². The summed E-state index contributed by atoms with van der Waals surface area (Å²) in [5.74, 6) is 1.66. The number of rotatable bonds is 5. The molecule has 0 fully saturated rings. The molecule has 132 valence electrons. The SMILES string of the molecule is COc1ccc(-c2[nH]c(/C=C/c3ccccc3)nc2-c2ccccc2)cc1. The van der Waals surface area contributed by atoms with Crippen LogP contribution in [-0.4, -0.2) is 17.1 Å². The fourth-order valence-electron chi connectivity index (χ4n) is 2.98. The number of benzene rings is 3. The van der Waals surface area contributed by atoms with Gasteiger partial charge in [0, 0.05) is 11.1 Å². The van der Waals surface area contributed by atoms with E-state index in [-0.39, 0.29) is 0 Å². The maximum absolute atomic E-state index is 5.28. The molecule has 0 aliphatic heterocycles. The van der Waals surface area contributed by atoms with Crippen LogP contribution in [0.15, 0.2) is 84.9 Å². The number of aromatic amines is 1. The number of nitrogens with one attached hydrogen (secondary N) is 1. The van der Waals surface area contributed by atoms with E-state index in [4.69, 9.17) is 9.72 Å². The average molecular weight is 352 g/mol. The Balaban J connectivity index is 1.76. The first kappa shape index (κ1) is 16.9. The Morgan fingerprint density at radius 2 is 1.41 bits per heavy atom. The highest BCUT2D eigenvalue weighted by Gasteiger charge is 2.13. The molecule has 4 rings (SSSR count). The van der Waals surface area contributed by atoms with Crippen LogP contribution in [0, 0.1) is 0 Å². The molecule has 1 N–H and O–H groups in total. The molecule has 3 heteroatoms. The summed E-state index contributed by atoms with van der Waals surface area (Å²) >= 11 is 0. The molecule has 27 heavy (non-hydrogen) atoms. The topological polar surface area (TPSA) is 37.9 Å². The summed E-state index contributed by atoms with van der Waals surface area (Å²) in [6, 6.07) is 28.5. The largest absolute Gasteiger partial charge is 0.497 e. The van der Waals surface area contributed by atoms with Crippen LogP contribution in [0.25, 0.3) is 34.7 Å². The van der Waals surface area contributed by atoms with Crippen LogP contribution in [-0.2, 0) is 0 Å². The molecule has 0 atom stereocenters. The number of imidazole rings is 1. The van der Waals surface area contributed by atoms with Crippen molar-refractivity contribution in [3.05, 3.63) is 96.3 Å². The van der Waals surface area contributed by atoms with E-state index in [0.29, 0.717) is 0 Å². The van der Waals surface area contributed by atoms with E-state index in [1.807, 2.05) is 66.7 Å². The first-order chi connectivity index (χ1) is 13.3. The van der Waals surface area contributed by atoms with Gasteiger partial charge in [-0.2, -0.15) is 0 Å². The monoisotopic (exact) mass is 352 g/mol. The second-order valence-electron chi connectivity index (χ2n) is 6.18. The van der Waals surface area contributed by atoms with Crippen LogP contribution in [0.3, 0.4) is 0 Å². The van der Waals surface area contributed by atoms with E-state index < -0.39 is 0 Å². The molecule has 0 radical (unpaired) electrons. The fourth-order valence-corrected chi connectivity index (χ4v) is 2.98. The van der Waals surface area contributed by atoms with Crippen LogP contribution >= 0.6 is 0 Å². The van der Waals surface area contributed by atoms with Crippen molar-refractivity contribution in [1.29, 1.82) is 0 Å². The lowest BCUT2D eigenvalue weighted by molar-refractivity contribution is 0.415. The third-order valence-electron chi connectivity index (χ3n) is 4.38. The summed E-state index contributed by atoms with van der Waals surface area (Å²) in [5, 5.41) is 0. The van der Waals surface area contributed by atoms with Gasteiger partial charge in [-0.05, 0) is 35.9 Å². The number of methoxy groups -OCH3 is 1. The zero-order valence-electron chi connectivity index (χ0n) is 15.1. The van der Waals surface area contributed by atoms with Gasteiger partial charge in [-0.25, -0.2) is 4.98 Å². The van der Waals surface area contributed by atoms with Gasteiger partial charge in [0.1, 0.15) is 11.6 Å². The lowest BCUT2D eigenvalue weighted by Gasteiger charge is -2.04. The number of ether oxygens (including phenoxy) is 1. The zero-order chi connectivity index (χ0) is 18.5. The average Bonchev–Trinajstić information content (AvgIpc) is 3.18. The molecule has 0 spiro atoms. The molecule has 3 aromatic carbocycles. The lowest BCUT2D eigenvalue weighted by Crippen LogP contribution is -1.85. The van der Waals surface area contributed by atoms with Gasteiger partial charge in [0.05, 0.1) is 18.5 Å². The predicted molar refractivity (Wildman–Crippen MR) is 111 cm³/mol. The van der Waals surface area contributed by atoms with Crippen molar-refractivity contribution in [1.82, 2.24) is 9.97 Å². The van der Waals surface area contributed by atoms with E-state index in [1.54, 1.807) is 7.11 Å². The smallest absolute Gasteiger partial charge is 0.131 e. The minimum absolute atomic E-state index is 0.823. The molecule has 0 bridgehead atoms. The highest BCUT2D eigenvalue weighted by atomic mass is 16.5. The van der Waals surface area contributed by atoms with Crippen molar-refractivity contribution < 1.29 is 4.74 Å². The first-order valence-corrected chi connectivity index (χ1v) is 8.86. The first-order valence-electron chi connectivity index (χ1n) is 8.86. The number of hydrogen-bond donors (Lipinski definition) is 1. The van der Waals surface area contributed by atoms with E-state index in [2.05, 4.69) is 35.3 Å². The summed E-state index contributed by atoms with van der Waals surface area (Å²) in [7, 11) is 1.67. The van der Waals surface area contributed by atoms with Crippen molar-refractivity contribution in [3.8, 4) is 28.3 Å². The Hall–Kier alpha value is -3.59. The summed E-state index contributed by atoms with van der Waals surface area (Å²) in [6.45, 7) is 0. The zero-order valence-corrected chi connectivity index (χ0v) is 15.1. The molecule has 0 aliphatic rings. The second-order valence-corrected chi connectivity index (χ2v) is 6.18. The van der Waals surface area contributed by atoms with Gasteiger partial charge in [-0.3, -0.25) is 0 Å². The number of H-pyrrole nitrogens is 1.